The molecule has 1 aromatic rings. The predicted octanol–water partition coefficient (Wildman–Crippen LogP) is 3.29. The maximum atomic E-state index is 11.7. The van der Waals surface area contributed by atoms with Gasteiger partial charge in [-0.3, -0.25) is 4.79 Å². The van der Waals surface area contributed by atoms with Gasteiger partial charge in [0.25, 0.3) is 0 Å². The summed E-state index contributed by atoms with van der Waals surface area (Å²) in [5.74, 6) is 1.41. The van der Waals surface area contributed by atoms with Crippen molar-refractivity contribution in [2.75, 3.05) is 26.1 Å². The summed E-state index contributed by atoms with van der Waals surface area (Å²) in [5, 5.41) is 0. The molecular formula is C16H22O4S. The molecule has 0 aliphatic carbocycles. The van der Waals surface area contributed by atoms with Crippen molar-refractivity contribution in [2.24, 2.45) is 0 Å². The van der Waals surface area contributed by atoms with Crippen molar-refractivity contribution in [3.8, 4) is 5.75 Å². The fraction of sp³-hybridized carbons (Fsp3) is 0.562. The van der Waals surface area contributed by atoms with Gasteiger partial charge in [-0.1, -0.05) is 0 Å². The van der Waals surface area contributed by atoms with Crippen LogP contribution in [-0.4, -0.2) is 38.1 Å². The first-order chi connectivity index (χ1) is 10.3. The van der Waals surface area contributed by atoms with Gasteiger partial charge in [-0.15, -0.1) is 11.8 Å². The zero-order valence-electron chi connectivity index (χ0n) is 12.4. The zero-order chi connectivity index (χ0) is 14.9. The second-order valence-electron chi connectivity index (χ2n) is 4.95. The minimum Gasteiger partial charge on any atom is -0.497 e. The van der Waals surface area contributed by atoms with Crippen LogP contribution in [0.2, 0.25) is 0 Å². The summed E-state index contributed by atoms with van der Waals surface area (Å²) in [7, 11) is 1.65. The number of hydrogen-bond acceptors (Lipinski definition) is 5. The number of methoxy groups -OCH3 is 1. The summed E-state index contributed by atoms with van der Waals surface area (Å²) in [6.07, 6.45) is 3.78. The number of carbonyl (C=O) groups excluding carboxylic acids is 1. The standard InChI is InChI=1S/C16H22O4S/c1-18-13-5-7-15(8-6-13)21-11-9-16(17)20-12-14-4-2-3-10-19-14/h5-8,14H,2-4,9-12H2,1H3. The molecule has 4 nitrogen and oxygen atoms in total. The van der Waals surface area contributed by atoms with Crippen LogP contribution in [0, 0.1) is 0 Å². The Labute approximate surface area is 130 Å². The van der Waals surface area contributed by atoms with E-state index in [2.05, 4.69) is 0 Å². The lowest BCUT2D eigenvalue weighted by Crippen LogP contribution is -2.26. The zero-order valence-corrected chi connectivity index (χ0v) is 13.2. The summed E-state index contributed by atoms with van der Waals surface area (Å²) < 4.78 is 15.9. The predicted molar refractivity (Wildman–Crippen MR) is 82.9 cm³/mol. The topological polar surface area (TPSA) is 44.8 Å². The highest BCUT2D eigenvalue weighted by atomic mass is 32.2. The van der Waals surface area contributed by atoms with Crippen molar-refractivity contribution in [3.05, 3.63) is 24.3 Å². The molecule has 1 unspecified atom stereocenters. The van der Waals surface area contributed by atoms with Crippen molar-refractivity contribution >= 4 is 17.7 Å². The van der Waals surface area contributed by atoms with Gasteiger partial charge in [0.15, 0.2) is 0 Å². The molecule has 21 heavy (non-hydrogen) atoms. The van der Waals surface area contributed by atoms with Gasteiger partial charge in [0.1, 0.15) is 12.4 Å². The first-order valence-corrected chi connectivity index (χ1v) is 8.30. The molecule has 0 amide bonds. The molecule has 1 aliphatic rings. The lowest BCUT2D eigenvalue weighted by molar-refractivity contribution is -0.148. The summed E-state index contributed by atoms with van der Waals surface area (Å²) in [4.78, 5) is 12.8. The van der Waals surface area contributed by atoms with Crippen LogP contribution in [-0.2, 0) is 14.3 Å². The van der Waals surface area contributed by atoms with Crippen LogP contribution in [0.15, 0.2) is 29.2 Å². The average Bonchev–Trinajstić information content (AvgIpc) is 2.54. The third-order valence-corrected chi connectivity index (χ3v) is 4.35. The van der Waals surface area contributed by atoms with Crippen LogP contribution in [0.25, 0.3) is 0 Å². The molecule has 116 valence electrons. The molecule has 5 heteroatoms. The van der Waals surface area contributed by atoms with E-state index in [0.29, 0.717) is 13.0 Å². The molecule has 0 radical (unpaired) electrons. The van der Waals surface area contributed by atoms with Crippen molar-refractivity contribution in [1.82, 2.24) is 0 Å². The highest BCUT2D eigenvalue weighted by Crippen LogP contribution is 2.22. The molecule has 2 rings (SSSR count). The van der Waals surface area contributed by atoms with Crippen molar-refractivity contribution in [1.29, 1.82) is 0 Å². The van der Waals surface area contributed by atoms with Crippen LogP contribution in [0.1, 0.15) is 25.7 Å². The molecule has 0 saturated carbocycles. The first-order valence-electron chi connectivity index (χ1n) is 7.32. The van der Waals surface area contributed by atoms with Crippen molar-refractivity contribution < 1.29 is 19.0 Å². The number of rotatable bonds is 7. The summed E-state index contributed by atoms with van der Waals surface area (Å²) >= 11 is 1.64. The number of ether oxygens (including phenoxy) is 3. The summed E-state index contributed by atoms with van der Waals surface area (Å²) in [5.41, 5.74) is 0. The Hall–Kier alpha value is -1.20. The van der Waals surface area contributed by atoms with E-state index in [1.54, 1.807) is 18.9 Å². The van der Waals surface area contributed by atoms with Crippen LogP contribution >= 0.6 is 11.8 Å². The first kappa shape index (κ1) is 16.2. The van der Waals surface area contributed by atoms with Gasteiger partial charge in [-0.25, -0.2) is 0 Å². The van der Waals surface area contributed by atoms with E-state index in [9.17, 15) is 4.79 Å². The average molecular weight is 310 g/mol. The molecule has 0 aromatic heterocycles. The Balaban J connectivity index is 1.59. The molecule has 0 bridgehead atoms. The fourth-order valence-corrected chi connectivity index (χ4v) is 2.95. The molecular weight excluding hydrogens is 288 g/mol. The van der Waals surface area contributed by atoms with Gasteiger partial charge < -0.3 is 14.2 Å². The lowest BCUT2D eigenvalue weighted by Gasteiger charge is -2.22. The minimum absolute atomic E-state index is 0.0944. The quantitative estimate of drug-likeness (QED) is 0.571. The second-order valence-corrected chi connectivity index (χ2v) is 6.11. The largest absolute Gasteiger partial charge is 0.497 e. The Morgan fingerprint density at radius 1 is 1.33 bits per heavy atom. The van der Waals surface area contributed by atoms with Crippen molar-refractivity contribution in [2.45, 2.75) is 36.7 Å². The maximum absolute atomic E-state index is 11.7. The Morgan fingerprint density at radius 2 is 2.14 bits per heavy atom. The highest BCUT2D eigenvalue weighted by Gasteiger charge is 2.15. The third kappa shape index (κ3) is 5.98. The molecule has 0 spiro atoms. The number of hydrogen-bond donors (Lipinski definition) is 0. The van der Waals surface area contributed by atoms with Gasteiger partial charge in [-0.2, -0.15) is 0 Å². The lowest BCUT2D eigenvalue weighted by atomic mass is 10.1. The van der Waals surface area contributed by atoms with Crippen LogP contribution in [0.3, 0.4) is 0 Å². The van der Waals surface area contributed by atoms with Gasteiger partial charge in [0, 0.05) is 17.3 Å². The van der Waals surface area contributed by atoms with Gasteiger partial charge in [0.05, 0.1) is 19.6 Å². The molecule has 1 aliphatic heterocycles. The molecule has 1 aromatic carbocycles. The van der Waals surface area contributed by atoms with Crippen LogP contribution < -0.4 is 4.74 Å². The van der Waals surface area contributed by atoms with E-state index in [0.717, 1.165) is 42.3 Å². The van der Waals surface area contributed by atoms with Gasteiger partial charge in [-0.05, 0) is 43.5 Å². The van der Waals surface area contributed by atoms with Gasteiger partial charge in [0.2, 0.25) is 0 Å². The number of carbonyl (C=O) groups is 1. The SMILES string of the molecule is COc1ccc(SCCC(=O)OCC2CCCCO2)cc1. The maximum Gasteiger partial charge on any atom is 0.306 e. The van der Waals surface area contributed by atoms with E-state index in [1.807, 2.05) is 24.3 Å². The normalized spacial score (nSPS) is 18.2. The van der Waals surface area contributed by atoms with Crippen LogP contribution in [0.5, 0.6) is 5.75 Å². The van der Waals surface area contributed by atoms with E-state index < -0.39 is 0 Å². The molecule has 1 heterocycles. The Kier molecular flexibility index (Phi) is 6.89. The Morgan fingerprint density at radius 3 is 2.81 bits per heavy atom. The Bertz CT molecular complexity index is 426. The highest BCUT2D eigenvalue weighted by molar-refractivity contribution is 7.99. The van der Waals surface area contributed by atoms with E-state index in [4.69, 9.17) is 14.2 Å². The number of benzene rings is 1. The molecule has 1 atom stereocenters. The molecule has 1 fully saturated rings. The second kappa shape index (κ2) is 8.95. The molecule has 0 N–H and O–H groups in total. The fourth-order valence-electron chi connectivity index (χ4n) is 2.12. The van der Waals surface area contributed by atoms with E-state index >= 15 is 0 Å². The number of esters is 1. The van der Waals surface area contributed by atoms with Crippen LogP contribution in [0.4, 0.5) is 0 Å². The minimum atomic E-state index is -0.148. The summed E-state index contributed by atoms with van der Waals surface area (Å²) in [6, 6.07) is 7.82. The van der Waals surface area contributed by atoms with E-state index in [1.165, 1.54) is 0 Å². The monoisotopic (exact) mass is 310 g/mol. The van der Waals surface area contributed by atoms with Gasteiger partial charge >= 0.3 is 5.97 Å². The summed E-state index contributed by atoms with van der Waals surface area (Å²) in [6.45, 7) is 1.18. The smallest absolute Gasteiger partial charge is 0.306 e. The molecule has 1 saturated heterocycles. The third-order valence-electron chi connectivity index (χ3n) is 3.34. The number of thioether (sulfide) groups is 1. The van der Waals surface area contributed by atoms with E-state index in [-0.39, 0.29) is 12.1 Å². The van der Waals surface area contributed by atoms with Crippen molar-refractivity contribution in [3.63, 3.8) is 0 Å².